The molecule has 1 aromatic rings. The molecule has 0 spiro atoms. The maximum absolute atomic E-state index is 11.1. The van der Waals surface area contributed by atoms with Crippen LogP contribution in [0.5, 0.6) is 0 Å². The maximum Gasteiger partial charge on any atom is 1.00 e. The predicted octanol–water partition coefficient (Wildman–Crippen LogP) is -4.07. The minimum absolute atomic E-state index is 0. The van der Waals surface area contributed by atoms with Crippen molar-refractivity contribution < 1.29 is 104 Å². The van der Waals surface area contributed by atoms with Gasteiger partial charge in [-0.2, -0.15) is 0 Å². The first kappa shape index (κ1) is 24.0. The molecule has 0 saturated heterocycles. The molecule has 5 nitrogen and oxygen atoms in total. The zero-order valence-corrected chi connectivity index (χ0v) is 18.4. The first-order valence-electron chi connectivity index (χ1n) is 5.97. The Morgan fingerprint density at radius 3 is 2.05 bits per heavy atom. The Labute approximate surface area is 192 Å². The van der Waals surface area contributed by atoms with Gasteiger partial charge in [-0.3, -0.25) is 9.59 Å². The number of hydrogen-bond donors (Lipinski definition) is 3. The Morgan fingerprint density at radius 1 is 1.24 bits per heavy atom. The van der Waals surface area contributed by atoms with Crippen LogP contribution in [0.2, 0.25) is 0 Å². The maximum atomic E-state index is 11.1. The fourth-order valence-corrected chi connectivity index (χ4v) is 1.90. The van der Waals surface area contributed by atoms with E-state index in [0.29, 0.717) is 5.56 Å². The van der Waals surface area contributed by atoms with Crippen molar-refractivity contribution in [1.82, 2.24) is 0 Å². The van der Waals surface area contributed by atoms with Gasteiger partial charge in [0.1, 0.15) is 0 Å². The van der Waals surface area contributed by atoms with Gasteiger partial charge in [0.15, 0.2) is 5.92 Å². The molecular formula is C14H21KNNaO4. The molecule has 0 aromatic heterocycles. The molecule has 1 rings (SSSR count). The van der Waals surface area contributed by atoms with Gasteiger partial charge in [0, 0.05) is 6.54 Å². The van der Waals surface area contributed by atoms with Crippen molar-refractivity contribution in [2.75, 3.05) is 0 Å². The van der Waals surface area contributed by atoms with Gasteiger partial charge in [-0.15, -0.1) is 0 Å². The van der Waals surface area contributed by atoms with Crippen LogP contribution in [0.15, 0.2) is 18.2 Å². The minimum atomic E-state index is -1.58. The standard InChI is InChI=1S/C14H19NO4.K.Na.2H/c1-14(2,3)9-4-5-10(8(6-9)7-15)11(12(16)17)13(18)19;;;;/h4-6,11H,7,15H2,1-3H3,(H,16,17)(H,18,19);;;;/q;2*+1;2*-1. The van der Waals surface area contributed by atoms with Gasteiger partial charge in [0.2, 0.25) is 0 Å². The number of carboxylic acid groups (broad SMARTS) is 2. The largest absolute Gasteiger partial charge is 1.00 e. The van der Waals surface area contributed by atoms with E-state index in [1.807, 2.05) is 20.8 Å². The Morgan fingerprint density at radius 2 is 1.71 bits per heavy atom. The Hall–Kier alpha value is 0.756. The van der Waals surface area contributed by atoms with Crippen LogP contribution in [0.25, 0.3) is 0 Å². The molecule has 0 aliphatic rings. The Balaban J connectivity index is -0.000000451. The average molecular weight is 329 g/mol. The molecule has 0 amide bonds. The molecule has 0 heterocycles. The zero-order chi connectivity index (χ0) is 14.8. The number of benzene rings is 1. The molecule has 0 fully saturated rings. The van der Waals surface area contributed by atoms with Crippen molar-refractivity contribution in [1.29, 1.82) is 0 Å². The smallest absolute Gasteiger partial charge is 1.00 e. The molecule has 0 saturated carbocycles. The van der Waals surface area contributed by atoms with Gasteiger partial charge >= 0.3 is 92.9 Å². The van der Waals surface area contributed by atoms with Crippen LogP contribution in [0.1, 0.15) is 46.2 Å². The molecule has 0 bridgehead atoms. The summed E-state index contributed by atoms with van der Waals surface area (Å²) in [6.45, 7) is 6.17. The second-order valence-corrected chi connectivity index (χ2v) is 5.48. The Kier molecular flexibility index (Phi) is 11.2. The van der Waals surface area contributed by atoms with Crippen LogP contribution in [0.3, 0.4) is 0 Å². The average Bonchev–Trinajstić information content (AvgIpc) is 2.27. The fourth-order valence-electron chi connectivity index (χ4n) is 1.90. The van der Waals surface area contributed by atoms with Crippen molar-refractivity contribution in [2.24, 2.45) is 5.73 Å². The number of rotatable bonds is 4. The SMILES string of the molecule is CC(C)(C)c1ccc(C(C(=O)O)C(=O)O)c(CN)c1.[H-].[H-].[K+].[Na+]. The van der Waals surface area contributed by atoms with Crippen molar-refractivity contribution in [3.8, 4) is 0 Å². The number of nitrogens with two attached hydrogens (primary N) is 1. The molecule has 21 heavy (non-hydrogen) atoms. The summed E-state index contributed by atoms with van der Waals surface area (Å²) in [5, 5.41) is 18.0. The topological polar surface area (TPSA) is 101 Å². The van der Waals surface area contributed by atoms with E-state index in [2.05, 4.69) is 0 Å². The molecule has 1 aromatic carbocycles. The van der Waals surface area contributed by atoms with Gasteiger partial charge in [-0.05, 0) is 22.1 Å². The van der Waals surface area contributed by atoms with Gasteiger partial charge < -0.3 is 18.8 Å². The predicted molar refractivity (Wildman–Crippen MR) is 73.3 cm³/mol. The summed E-state index contributed by atoms with van der Waals surface area (Å²) in [5.74, 6) is -4.34. The van der Waals surface area contributed by atoms with Gasteiger partial charge in [0.05, 0.1) is 0 Å². The fraction of sp³-hybridized carbons (Fsp3) is 0.429. The van der Waals surface area contributed by atoms with E-state index in [1.165, 1.54) is 0 Å². The quantitative estimate of drug-likeness (QED) is 0.385. The van der Waals surface area contributed by atoms with E-state index in [9.17, 15) is 9.59 Å². The van der Waals surface area contributed by atoms with Crippen LogP contribution in [-0.4, -0.2) is 22.2 Å². The number of carboxylic acids is 2. The zero-order valence-electron chi connectivity index (χ0n) is 15.3. The first-order chi connectivity index (χ1) is 8.68. The van der Waals surface area contributed by atoms with Crippen molar-refractivity contribution in [2.45, 2.75) is 38.6 Å². The summed E-state index contributed by atoms with van der Waals surface area (Å²) >= 11 is 0. The second-order valence-electron chi connectivity index (χ2n) is 5.48. The molecule has 7 heteroatoms. The number of aliphatic carboxylic acids is 2. The van der Waals surface area contributed by atoms with Gasteiger partial charge in [-0.1, -0.05) is 39.0 Å². The summed E-state index contributed by atoms with van der Waals surface area (Å²) in [7, 11) is 0. The van der Waals surface area contributed by atoms with Crippen LogP contribution < -0.4 is 86.7 Å². The van der Waals surface area contributed by atoms with Crippen LogP contribution >= 0.6 is 0 Å². The summed E-state index contributed by atoms with van der Waals surface area (Å²) < 4.78 is 0. The van der Waals surface area contributed by atoms with E-state index in [0.717, 1.165) is 5.56 Å². The van der Waals surface area contributed by atoms with E-state index in [-0.39, 0.29) is 101 Å². The third kappa shape index (κ3) is 6.41. The molecule has 0 radical (unpaired) electrons. The molecule has 0 atom stereocenters. The van der Waals surface area contributed by atoms with E-state index in [1.54, 1.807) is 18.2 Å². The molecule has 0 aliphatic carbocycles. The summed E-state index contributed by atoms with van der Waals surface area (Å²) in [5.41, 5.74) is 7.30. The van der Waals surface area contributed by atoms with Crippen LogP contribution in [-0.2, 0) is 21.5 Å². The van der Waals surface area contributed by atoms with Crippen molar-refractivity contribution in [3.05, 3.63) is 34.9 Å². The monoisotopic (exact) mass is 329 g/mol. The Bertz CT molecular complexity index is 510. The molecular weight excluding hydrogens is 308 g/mol. The third-order valence-electron chi connectivity index (χ3n) is 3.03. The molecule has 108 valence electrons. The van der Waals surface area contributed by atoms with Crippen LogP contribution in [0, 0.1) is 0 Å². The molecule has 4 N–H and O–H groups in total. The van der Waals surface area contributed by atoms with E-state index in [4.69, 9.17) is 15.9 Å². The molecule has 0 aliphatic heterocycles. The number of carbonyl (C=O) groups is 2. The minimum Gasteiger partial charge on any atom is -1.00 e. The van der Waals surface area contributed by atoms with E-state index < -0.39 is 17.9 Å². The van der Waals surface area contributed by atoms with Gasteiger partial charge in [-0.25, -0.2) is 0 Å². The first-order valence-corrected chi connectivity index (χ1v) is 5.97. The van der Waals surface area contributed by atoms with Crippen molar-refractivity contribution in [3.63, 3.8) is 0 Å². The van der Waals surface area contributed by atoms with Crippen molar-refractivity contribution >= 4 is 11.9 Å². The number of hydrogen-bond acceptors (Lipinski definition) is 3. The van der Waals surface area contributed by atoms with E-state index >= 15 is 0 Å². The summed E-state index contributed by atoms with van der Waals surface area (Å²) in [6.07, 6.45) is 0. The normalized spacial score (nSPS) is 10.5. The second kappa shape index (κ2) is 9.80. The van der Waals surface area contributed by atoms with Gasteiger partial charge in [0.25, 0.3) is 0 Å². The summed E-state index contributed by atoms with van der Waals surface area (Å²) in [6, 6.07) is 5.09. The summed E-state index contributed by atoms with van der Waals surface area (Å²) in [4.78, 5) is 22.1. The molecule has 0 unspecified atom stereocenters. The third-order valence-corrected chi connectivity index (χ3v) is 3.03. The van der Waals surface area contributed by atoms with Crippen LogP contribution in [0.4, 0.5) is 0 Å².